The molecule has 0 radical (unpaired) electrons. The predicted molar refractivity (Wildman–Crippen MR) is 74.4 cm³/mol. The highest BCUT2D eigenvalue weighted by molar-refractivity contribution is 4.76. The molecule has 1 aliphatic carbocycles. The van der Waals surface area contributed by atoms with Gasteiger partial charge in [0, 0.05) is 19.8 Å². The number of unbranched alkanes of at least 4 members (excludes halogenated alkanes) is 1. The zero-order chi connectivity index (χ0) is 12.3. The van der Waals surface area contributed by atoms with Gasteiger partial charge in [-0.2, -0.15) is 0 Å². The maximum Gasteiger partial charge on any atom is 0.0462 e. The van der Waals surface area contributed by atoms with E-state index in [1.165, 1.54) is 64.3 Å². The van der Waals surface area contributed by atoms with Crippen LogP contribution in [0.2, 0.25) is 0 Å². The Labute approximate surface area is 108 Å². The van der Waals surface area contributed by atoms with Crippen LogP contribution < -0.4 is 5.32 Å². The molecule has 0 amide bonds. The minimum atomic E-state index is 0.796. The zero-order valence-electron chi connectivity index (χ0n) is 11.8. The smallest absolute Gasteiger partial charge is 0.0462 e. The highest BCUT2D eigenvalue weighted by Crippen LogP contribution is 2.27. The third-order valence-corrected chi connectivity index (χ3v) is 3.93. The van der Waals surface area contributed by atoms with Crippen molar-refractivity contribution in [2.45, 2.75) is 70.8 Å². The van der Waals surface area contributed by atoms with Crippen LogP contribution >= 0.6 is 0 Å². The topological polar surface area (TPSA) is 21.3 Å². The van der Waals surface area contributed by atoms with Crippen molar-refractivity contribution in [3.05, 3.63) is 0 Å². The molecule has 2 atom stereocenters. The van der Waals surface area contributed by atoms with Gasteiger partial charge in [0.25, 0.3) is 0 Å². The van der Waals surface area contributed by atoms with Crippen LogP contribution in [-0.4, -0.2) is 26.3 Å². The minimum absolute atomic E-state index is 0.796. The molecule has 1 fully saturated rings. The Morgan fingerprint density at radius 2 is 2.00 bits per heavy atom. The number of methoxy groups -OCH3 is 1. The van der Waals surface area contributed by atoms with E-state index in [0.29, 0.717) is 0 Å². The predicted octanol–water partition coefficient (Wildman–Crippen LogP) is 3.75. The standard InChI is InChI=1S/C15H31NO/c1-3-11-16-15-10-5-4-8-14(13-15)9-6-7-12-17-2/h14-16H,3-13H2,1-2H3. The highest BCUT2D eigenvalue weighted by atomic mass is 16.5. The van der Waals surface area contributed by atoms with E-state index in [1.807, 2.05) is 0 Å². The van der Waals surface area contributed by atoms with E-state index < -0.39 is 0 Å². The van der Waals surface area contributed by atoms with Crippen LogP contribution in [0.5, 0.6) is 0 Å². The average molecular weight is 241 g/mol. The maximum absolute atomic E-state index is 5.12. The van der Waals surface area contributed by atoms with E-state index in [0.717, 1.165) is 18.6 Å². The summed E-state index contributed by atoms with van der Waals surface area (Å²) in [4.78, 5) is 0. The summed E-state index contributed by atoms with van der Waals surface area (Å²) in [5.41, 5.74) is 0. The molecular weight excluding hydrogens is 210 g/mol. The van der Waals surface area contributed by atoms with E-state index in [2.05, 4.69) is 12.2 Å². The summed E-state index contributed by atoms with van der Waals surface area (Å²) in [6.07, 6.45) is 12.4. The summed E-state index contributed by atoms with van der Waals surface area (Å²) in [6, 6.07) is 0.796. The third kappa shape index (κ3) is 7.05. The molecule has 0 aromatic rings. The van der Waals surface area contributed by atoms with E-state index in [9.17, 15) is 0 Å². The molecule has 2 unspecified atom stereocenters. The normalized spacial score (nSPS) is 25.8. The van der Waals surface area contributed by atoms with Crippen molar-refractivity contribution < 1.29 is 4.74 Å². The molecule has 0 aliphatic heterocycles. The number of hydrogen-bond acceptors (Lipinski definition) is 2. The molecule has 0 bridgehead atoms. The first-order valence-corrected chi connectivity index (χ1v) is 7.59. The second-order valence-electron chi connectivity index (χ2n) is 5.53. The Morgan fingerprint density at radius 3 is 2.76 bits per heavy atom. The SMILES string of the molecule is CCCNC1CCCCC(CCCCOC)C1. The molecule has 102 valence electrons. The molecule has 1 saturated carbocycles. The molecule has 0 aromatic heterocycles. The fraction of sp³-hybridized carbons (Fsp3) is 1.00. The Kier molecular flexibility index (Phi) is 8.72. The molecule has 1 aliphatic rings. The lowest BCUT2D eigenvalue weighted by Crippen LogP contribution is -2.30. The molecule has 0 aromatic carbocycles. The summed E-state index contributed by atoms with van der Waals surface area (Å²) < 4.78 is 5.12. The third-order valence-electron chi connectivity index (χ3n) is 3.93. The summed E-state index contributed by atoms with van der Waals surface area (Å²) >= 11 is 0. The van der Waals surface area contributed by atoms with Crippen LogP contribution in [0.1, 0.15) is 64.7 Å². The van der Waals surface area contributed by atoms with Crippen molar-refractivity contribution in [1.29, 1.82) is 0 Å². The first-order chi connectivity index (χ1) is 8.36. The second-order valence-corrected chi connectivity index (χ2v) is 5.53. The highest BCUT2D eigenvalue weighted by Gasteiger charge is 2.19. The van der Waals surface area contributed by atoms with Gasteiger partial charge in [-0.05, 0) is 38.1 Å². The molecule has 0 saturated heterocycles. The Hall–Kier alpha value is -0.0800. The molecule has 1 N–H and O–H groups in total. The van der Waals surface area contributed by atoms with Gasteiger partial charge in [-0.1, -0.05) is 39.0 Å². The van der Waals surface area contributed by atoms with Gasteiger partial charge in [-0.25, -0.2) is 0 Å². The van der Waals surface area contributed by atoms with E-state index in [-0.39, 0.29) is 0 Å². The quantitative estimate of drug-likeness (QED) is 0.516. The van der Waals surface area contributed by atoms with Gasteiger partial charge in [0.15, 0.2) is 0 Å². The number of nitrogens with one attached hydrogen (secondary N) is 1. The largest absolute Gasteiger partial charge is 0.385 e. The average Bonchev–Trinajstić information content (AvgIpc) is 2.57. The van der Waals surface area contributed by atoms with Crippen LogP contribution in [0.25, 0.3) is 0 Å². The second kappa shape index (κ2) is 9.90. The zero-order valence-corrected chi connectivity index (χ0v) is 11.8. The summed E-state index contributed by atoms with van der Waals surface area (Å²) in [5, 5.41) is 3.72. The van der Waals surface area contributed by atoms with Gasteiger partial charge in [0.1, 0.15) is 0 Å². The van der Waals surface area contributed by atoms with Crippen LogP contribution in [-0.2, 0) is 4.74 Å². The lowest BCUT2D eigenvalue weighted by atomic mass is 9.92. The molecule has 0 spiro atoms. The fourth-order valence-electron chi connectivity index (χ4n) is 2.94. The van der Waals surface area contributed by atoms with Gasteiger partial charge in [-0.3, -0.25) is 0 Å². The van der Waals surface area contributed by atoms with Crippen molar-refractivity contribution in [1.82, 2.24) is 5.32 Å². The van der Waals surface area contributed by atoms with Gasteiger partial charge in [0.2, 0.25) is 0 Å². The molecule has 1 rings (SSSR count). The van der Waals surface area contributed by atoms with Crippen LogP contribution in [0, 0.1) is 5.92 Å². The fourth-order valence-corrected chi connectivity index (χ4v) is 2.94. The molecule has 2 heteroatoms. The summed E-state index contributed by atoms with van der Waals surface area (Å²) in [5.74, 6) is 0.962. The first kappa shape index (κ1) is 15.0. The lowest BCUT2D eigenvalue weighted by molar-refractivity contribution is 0.189. The molecule has 2 nitrogen and oxygen atoms in total. The monoisotopic (exact) mass is 241 g/mol. The van der Waals surface area contributed by atoms with Crippen LogP contribution in [0.4, 0.5) is 0 Å². The Bertz CT molecular complexity index is 172. The van der Waals surface area contributed by atoms with Crippen molar-refractivity contribution in [2.75, 3.05) is 20.3 Å². The van der Waals surface area contributed by atoms with Crippen molar-refractivity contribution >= 4 is 0 Å². The van der Waals surface area contributed by atoms with Crippen molar-refractivity contribution in [2.24, 2.45) is 5.92 Å². The molecular formula is C15H31NO. The van der Waals surface area contributed by atoms with Gasteiger partial charge < -0.3 is 10.1 Å². The van der Waals surface area contributed by atoms with E-state index >= 15 is 0 Å². The Morgan fingerprint density at radius 1 is 1.18 bits per heavy atom. The maximum atomic E-state index is 5.12. The van der Waals surface area contributed by atoms with Crippen molar-refractivity contribution in [3.63, 3.8) is 0 Å². The van der Waals surface area contributed by atoms with Gasteiger partial charge in [0.05, 0.1) is 0 Å². The van der Waals surface area contributed by atoms with Crippen molar-refractivity contribution in [3.8, 4) is 0 Å². The summed E-state index contributed by atoms with van der Waals surface area (Å²) in [6.45, 7) is 4.39. The first-order valence-electron chi connectivity index (χ1n) is 7.59. The molecule has 0 heterocycles. The van der Waals surface area contributed by atoms with E-state index in [4.69, 9.17) is 4.74 Å². The lowest BCUT2D eigenvalue weighted by Gasteiger charge is -2.21. The molecule has 17 heavy (non-hydrogen) atoms. The Balaban J connectivity index is 2.18. The van der Waals surface area contributed by atoms with Gasteiger partial charge in [-0.15, -0.1) is 0 Å². The van der Waals surface area contributed by atoms with Crippen LogP contribution in [0.3, 0.4) is 0 Å². The number of ether oxygens (including phenoxy) is 1. The minimum Gasteiger partial charge on any atom is -0.385 e. The van der Waals surface area contributed by atoms with Crippen LogP contribution in [0.15, 0.2) is 0 Å². The number of rotatable bonds is 8. The van der Waals surface area contributed by atoms with E-state index in [1.54, 1.807) is 7.11 Å². The van der Waals surface area contributed by atoms with Gasteiger partial charge >= 0.3 is 0 Å². The summed E-state index contributed by atoms with van der Waals surface area (Å²) in [7, 11) is 1.80. The number of hydrogen-bond donors (Lipinski definition) is 1.